The molecule has 1 aliphatic heterocycles. The van der Waals surface area contributed by atoms with Crippen LogP contribution < -0.4 is 4.72 Å². The highest BCUT2D eigenvalue weighted by Gasteiger charge is 2.34. The van der Waals surface area contributed by atoms with Crippen LogP contribution in [-0.4, -0.2) is 54.8 Å². The predicted molar refractivity (Wildman–Crippen MR) is 69.3 cm³/mol. The maximum atomic E-state index is 12.2. The molecule has 0 aromatic carbocycles. The second-order valence-electron chi connectivity index (χ2n) is 4.87. The third-order valence-corrected chi connectivity index (χ3v) is 5.27. The Morgan fingerprint density at radius 2 is 1.61 bits per heavy atom. The normalized spacial score (nSPS) is 19.7. The van der Waals surface area contributed by atoms with Crippen LogP contribution in [0.3, 0.4) is 0 Å². The first-order chi connectivity index (χ1) is 8.49. The van der Waals surface area contributed by atoms with Crippen molar-refractivity contribution in [1.29, 1.82) is 0 Å². The van der Waals surface area contributed by atoms with E-state index in [0.717, 1.165) is 25.7 Å². The van der Waals surface area contributed by atoms with Crippen molar-refractivity contribution in [2.24, 2.45) is 0 Å². The minimum atomic E-state index is -3.64. The SMILES string of the molecule is CCC(CO)(CO)NS(=O)(=O)N1CCCCCC1. The highest BCUT2D eigenvalue weighted by molar-refractivity contribution is 7.87. The van der Waals surface area contributed by atoms with Gasteiger partial charge in [0.2, 0.25) is 0 Å². The van der Waals surface area contributed by atoms with Crippen LogP contribution in [-0.2, 0) is 10.2 Å². The van der Waals surface area contributed by atoms with Crippen LogP contribution in [0.15, 0.2) is 0 Å². The lowest BCUT2D eigenvalue weighted by Crippen LogP contribution is -2.57. The zero-order chi connectivity index (χ0) is 13.6. The zero-order valence-corrected chi connectivity index (χ0v) is 11.7. The molecule has 6 nitrogen and oxygen atoms in total. The monoisotopic (exact) mass is 280 g/mol. The lowest BCUT2D eigenvalue weighted by atomic mass is 10.0. The van der Waals surface area contributed by atoms with Gasteiger partial charge in [0, 0.05) is 13.1 Å². The molecule has 108 valence electrons. The number of rotatable bonds is 6. The molecule has 1 saturated heterocycles. The minimum absolute atomic E-state index is 0.340. The van der Waals surface area contributed by atoms with Crippen LogP contribution >= 0.6 is 0 Å². The fourth-order valence-corrected chi connectivity index (χ4v) is 3.72. The molecule has 0 spiro atoms. The van der Waals surface area contributed by atoms with Crippen LogP contribution in [0.1, 0.15) is 39.0 Å². The lowest BCUT2D eigenvalue weighted by Gasteiger charge is -2.32. The van der Waals surface area contributed by atoms with Gasteiger partial charge in [0.15, 0.2) is 0 Å². The number of aliphatic hydroxyl groups is 2. The molecule has 1 aliphatic rings. The molecule has 0 amide bonds. The second kappa shape index (κ2) is 6.81. The highest BCUT2D eigenvalue weighted by Crippen LogP contribution is 2.16. The van der Waals surface area contributed by atoms with Gasteiger partial charge < -0.3 is 10.2 Å². The van der Waals surface area contributed by atoms with E-state index >= 15 is 0 Å². The van der Waals surface area contributed by atoms with Crippen LogP contribution in [0.2, 0.25) is 0 Å². The van der Waals surface area contributed by atoms with Crippen molar-refractivity contribution in [2.45, 2.75) is 44.6 Å². The summed E-state index contributed by atoms with van der Waals surface area (Å²) < 4.78 is 28.3. The van der Waals surface area contributed by atoms with E-state index in [2.05, 4.69) is 4.72 Å². The molecule has 1 fully saturated rings. The topological polar surface area (TPSA) is 89.9 Å². The molecule has 3 N–H and O–H groups in total. The molecular weight excluding hydrogens is 256 g/mol. The maximum Gasteiger partial charge on any atom is 0.280 e. The third-order valence-electron chi connectivity index (χ3n) is 3.53. The Balaban J connectivity index is 2.78. The summed E-state index contributed by atoms with van der Waals surface area (Å²) >= 11 is 0. The largest absolute Gasteiger partial charge is 0.394 e. The Labute approximate surface area is 109 Å². The van der Waals surface area contributed by atoms with Crippen molar-refractivity contribution in [3.05, 3.63) is 0 Å². The zero-order valence-electron chi connectivity index (χ0n) is 10.9. The number of aliphatic hydroxyl groups excluding tert-OH is 2. The average Bonchev–Trinajstić information content (AvgIpc) is 2.65. The lowest BCUT2D eigenvalue weighted by molar-refractivity contribution is 0.104. The molecular formula is C11H24N2O4S. The number of hydrogen-bond donors (Lipinski definition) is 3. The van der Waals surface area contributed by atoms with Crippen LogP contribution in [0.5, 0.6) is 0 Å². The summed E-state index contributed by atoms with van der Waals surface area (Å²) in [6.45, 7) is 1.93. The fourth-order valence-electron chi connectivity index (χ4n) is 2.03. The molecule has 0 saturated carbocycles. The second-order valence-corrected chi connectivity index (χ2v) is 6.54. The summed E-state index contributed by atoms with van der Waals surface area (Å²) in [5, 5.41) is 18.6. The van der Waals surface area contributed by atoms with Crippen molar-refractivity contribution in [3.8, 4) is 0 Å². The standard InChI is InChI=1S/C11H24N2O4S/c1-2-11(9-14,10-15)12-18(16,17)13-7-5-3-4-6-8-13/h12,14-15H,2-10H2,1H3. The maximum absolute atomic E-state index is 12.2. The van der Waals surface area contributed by atoms with Gasteiger partial charge in [0.05, 0.1) is 18.8 Å². The van der Waals surface area contributed by atoms with Crippen LogP contribution in [0.25, 0.3) is 0 Å². The summed E-state index contributed by atoms with van der Waals surface area (Å²) in [6, 6.07) is 0. The smallest absolute Gasteiger partial charge is 0.280 e. The summed E-state index contributed by atoms with van der Waals surface area (Å²) in [4.78, 5) is 0. The molecule has 0 aliphatic carbocycles. The fraction of sp³-hybridized carbons (Fsp3) is 1.00. The molecule has 0 unspecified atom stereocenters. The minimum Gasteiger partial charge on any atom is -0.394 e. The summed E-state index contributed by atoms with van der Waals surface area (Å²) in [6.07, 6.45) is 4.15. The average molecular weight is 280 g/mol. The van der Waals surface area contributed by atoms with E-state index in [1.165, 1.54) is 4.31 Å². The van der Waals surface area contributed by atoms with Gasteiger partial charge in [-0.25, -0.2) is 0 Å². The first kappa shape index (κ1) is 15.8. The van der Waals surface area contributed by atoms with Crippen molar-refractivity contribution in [1.82, 2.24) is 9.03 Å². The summed E-state index contributed by atoms with van der Waals surface area (Å²) in [5.74, 6) is 0. The quantitative estimate of drug-likeness (QED) is 0.630. The molecule has 1 heterocycles. The third kappa shape index (κ3) is 3.89. The molecule has 0 atom stereocenters. The van der Waals surface area contributed by atoms with Gasteiger partial charge in [0.1, 0.15) is 0 Å². The van der Waals surface area contributed by atoms with Gasteiger partial charge >= 0.3 is 0 Å². The van der Waals surface area contributed by atoms with Crippen LogP contribution in [0, 0.1) is 0 Å². The van der Waals surface area contributed by atoms with E-state index < -0.39 is 29.0 Å². The Kier molecular flexibility index (Phi) is 6.00. The number of nitrogens with zero attached hydrogens (tertiary/aromatic N) is 1. The van der Waals surface area contributed by atoms with Gasteiger partial charge in [-0.1, -0.05) is 19.8 Å². The van der Waals surface area contributed by atoms with Crippen molar-refractivity contribution in [2.75, 3.05) is 26.3 Å². The molecule has 0 bridgehead atoms. The van der Waals surface area contributed by atoms with Crippen molar-refractivity contribution < 1.29 is 18.6 Å². The Hall–Kier alpha value is -0.210. The molecule has 0 radical (unpaired) electrons. The first-order valence-corrected chi connectivity index (χ1v) is 7.94. The summed E-state index contributed by atoms with van der Waals surface area (Å²) in [7, 11) is -3.64. The van der Waals surface area contributed by atoms with E-state index in [4.69, 9.17) is 0 Å². The summed E-state index contributed by atoms with van der Waals surface area (Å²) in [5.41, 5.74) is -1.16. The van der Waals surface area contributed by atoms with Crippen molar-refractivity contribution in [3.63, 3.8) is 0 Å². The van der Waals surface area contributed by atoms with Gasteiger partial charge in [-0.15, -0.1) is 0 Å². The van der Waals surface area contributed by atoms with Gasteiger partial charge in [-0.3, -0.25) is 0 Å². The molecule has 0 aromatic heterocycles. The molecule has 7 heteroatoms. The Bertz CT molecular complexity index is 325. The Morgan fingerprint density at radius 1 is 1.11 bits per heavy atom. The molecule has 1 rings (SSSR count). The van der Waals surface area contributed by atoms with Crippen LogP contribution in [0.4, 0.5) is 0 Å². The van der Waals surface area contributed by atoms with Gasteiger partial charge in [0.25, 0.3) is 10.2 Å². The highest BCUT2D eigenvalue weighted by atomic mass is 32.2. The number of hydrogen-bond acceptors (Lipinski definition) is 4. The predicted octanol–water partition coefficient (Wildman–Crippen LogP) is -0.170. The van der Waals surface area contributed by atoms with Gasteiger partial charge in [-0.2, -0.15) is 17.4 Å². The van der Waals surface area contributed by atoms with Crippen molar-refractivity contribution >= 4 is 10.2 Å². The van der Waals surface area contributed by atoms with E-state index in [0.29, 0.717) is 19.5 Å². The number of nitrogens with one attached hydrogen (secondary N) is 1. The Morgan fingerprint density at radius 3 is 2.00 bits per heavy atom. The van der Waals surface area contributed by atoms with E-state index in [1.54, 1.807) is 6.92 Å². The first-order valence-electron chi connectivity index (χ1n) is 6.50. The van der Waals surface area contributed by atoms with E-state index in [1.807, 2.05) is 0 Å². The van der Waals surface area contributed by atoms with Gasteiger partial charge in [-0.05, 0) is 19.3 Å². The van der Waals surface area contributed by atoms with E-state index in [9.17, 15) is 18.6 Å². The molecule has 0 aromatic rings. The van der Waals surface area contributed by atoms with E-state index in [-0.39, 0.29) is 0 Å². The molecule has 18 heavy (non-hydrogen) atoms.